The van der Waals surface area contributed by atoms with Crippen molar-refractivity contribution in [2.24, 2.45) is 0 Å². The van der Waals surface area contributed by atoms with E-state index in [9.17, 15) is 4.79 Å². The summed E-state index contributed by atoms with van der Waals surface area (Å²) in [6.45, 7) is 1.94. The Kier molecular flexibility index (Phi) is 6.38. The highest BCUT2D eigenvalue weighted by Gasteiger charge is 1.98. The van der Waals surface area contributed by atoms with Crippen LogP contribution in [0, 0.1) is 0 Å². The Labute approximate surface area is 72.7 Å². The van der Waals surface area contributed by atoms with E-state index in [1.165, 1.54) is 0 Å². The van der Waals surface area contributed by atoms with Crippen LogP contribution in [0.1, 0.15) is 32.6 Å². The molecule has 3 nitrogen and oxygen atoms in total. The zero-order chi connectivity index (χ0) is 9.40. The first kappa shape index (κ1) is 11.2. The summed E-state index contributed by atoms with van der Waals surface area (Å²) in [5.41, 5.74) is 0.607. The lowest BCUT2D eigenvalue weighted by molar-refractivity contribution is -0.131. The molecule has 0 atom stereocenters. The third kappa shape index (κ3) is 5.92. The van der Waals surface area contributed by atoms with Gasteiger partial charge in [-0.3, -0.25) is 0 Å². The Morgan fingerprint density at radius 1 is 1.42 bits per heavy atom. The summed E-state index contributed by atoms with van der Waals surface area (Å²) in [5.74, 6) is -0.976. The van der Waals surface area contributed by atoms with E-state index in [4.69, 9.17) is 10.2 Å². The Hall–Kier alpha value is -0.830. The standard InChI is InChI=1S/C9H16O3/c1-2-3-4-5-8(7-10)6-9(11)12/h6,10H,2-5,7H2,1H3,(H,11,12)/b8-6+. The van der Waals surface area contributed by atoms with Gasteiger partial charge in [0.15, 0.2) is 0 Å². The predicted octanol–water partition coefficient (Wildman–Crippen LogP) is 1.57. The van der Waals surface area contributed by atoms with E-state index < -0.39 is 5.97 Å². The summed E-state index contributed by atoms with van der Waals surface area (Å²) in [7, 11) is 0. The van der Waals surface area contributed by atoms with E-state index in [2.05, 4.69) is 6.92 Å². The number of aliphatic hydroxyl groups is 1. The normalized spacial score (nSPS) is 11.7. The van der Waals surface area contributed by atoms with Gasteiger partial charge in [0.2, 0.25) is 0 Å². The average Bonchev–Trinajstić information content (AvgIpc) is 2.02. The first-order valence-electron chi connectivity index (χ1n) is 4.24. The van der Waals surface area contributed by atoms with Gasteiger partial charge < -0.3 is 10.2 Å². The van der Waals surface area contributed by atoms with Gasteiger partial charge >= 0.3 is 5.97 Å². The van der Waals surface area contributed by atoms with E-state index in [0.29, 0.717) is 12.0 Å². The summed E-state index contributed by atoms with van der Waals surface area (Å²) in [6, 6.07) is 0. The van der Waals surface area contributed by atoms with Crippen LogP contribution in [0.25, 0.3) is 0 Å². The summed E-state index contributed by atoms with van der Waals surface area (Å²) in [6.07, 6.45) is 4.92. The van der Waals surface area contributed by atoms with Crippen molar-refractivity contribution in [2.45, 2.75) is 32.6 Å². The maximum absolute atomic E-state index is 10.2. The molecule has 0 amide bonds. The van der Waals surface area contributed by atoms with Crippen LogP contribution >= 0.6 is 0 Å². The third-order valence-electron chi connectivity index (χ3n) is 1.63. The molecule has 70 valence electrons. The molecule has 0 saturated carbocycles. The van der Waals surface area contributed by atoms with Crippen molar-refractivity contribution >= 4 is 5.97 Å². The fourth-order valence-electron chi connectivity index (χ4n) is 0.974. The van der Waals surface area contributed by atoms with Crippen LogP contribution in [0.2, 0.25) is 0 Å². The van der Waals surface area contributed by atoms with Crippen LogP contribution in [0.15, 0.2) is 11.6 Å². The largest absolute Gasteiger partial charge is 0.478 e. The fourth-order valence-corrected chi connectivity index (χ4v) is 0.974. The zero-order valence-electron chi connectivity index (χ0n) is 7.42. The number of aliphatic carboxylic acids is 1. The highest BCUT2D eigenvalue weighted by Crippen LogP contribution is 2.07. The van der Waals surface area contributed by atoms with E-state index in [0.717, 1.165) is 25.3 Å². The van der Waals surface area contributed by atoms with Crippen LogP contribution in [-0.2, 0) is 4.79 Å². The van der Waals surface area contributed by atoms with Crippen LogP contribution in [0.3, 0.4) is 0 Å². The van der Waals surface area contributed by atoms with Crippen LogP contribution < -0.4 is 0 Å². The summed E-state index contributed by atoms with van der Waals surface area (Å²) in [4.78, 5) is 10.2. The molecule has 0 heterocycles. The molecule has 0 aliphatic rings. The molecule has 0 bridgehead atoms. The van der Waals surface area contributed by atoms with Crippen molar-refractivity contribution in [3.63, 3.8) is 0 Å². The maximum atomic E-state index is 10.2. The molecule has 0 aromatic rings. The molecule has 0 radical (unpaired) electrons. The first-order chi connectivity index (χ1) is 5.70. The second-order valence-corrected chi connectivity index (χ2v) is 2.76. The molecule has 0 aliphatic carbocycles. The minimum atomic E-state index is -0.976. The highest BCUT2D eigenvalue weighted by atomic mass is 16.4. The smallest absolute Gasteiger partial charge is 0.328 e. The molecule has 0 rings (SSSR count). The van der Waals surface area contributed by atoms with Gasteiger partial charge in [0.1, 0.15) is 0 Å². The van der Waals surface area contributed by atoms with Gasteiger partial charge in [0.05, 0.1) is 6.61 Å². The van der Waals surface area contributed by atoms with Crippen molar-refractivity contribution < 1.29 is 15.0 Å². The van der Waals surface area contributed by atoms with E-state index in [1.54, 1.807) is 0 Å². The lowest BCUT2D eigenvalue weighted by Crippen LogP contribution is -1.97. The number of hydrogen-bond acceptors (Lipinski definition) is 2. The number of carboxylic acids is 1. The second kappa shape index (κ2) is 6.85. The minimum Gasteiger partial charge on any atom is -0.478 e. The van der Waals surface area contributed by atoms with E-state index >= 15 is 0 Å². The second-order valence-electron chi connectivity index (χ2n) is 2.76. The first-order valence-corrected chi connectivity index (χ1v) is 4.24. The van der Waals surface area contributed by atoms with Gasteiger partial charge in [-0.05, 0) is 18.4 Å². The van der Waals surface area contributed by atoms with Gasteiger partial charge in [-0.2, -0.15) is 0 Å². The van der Waals surface area contributed by atoms with Crippen molar-refractivity contribution in [1.29, 1.82) is 0 Å². The molecule has 0 aromatic heterocycles. The van der Waals surface area contributed by atoms with Crippen LogP contribution in [0.5, 0.6) is 0 Å². The molecule has 0 unspecified atom stereocenters. The molecule has 0 saturated heterocycles. The van der Waals surface area contributed by atoms with Crippen molar-refractivity contribution in [3.05, 3.63) is 11.6 Å². The quantitative estimate of drug-likeness (QED) is 0.472. The predicted molar refractivity (Wildman–Crippen MR) is 46.9 cm³/mol. The number of aliphatic hydroxyl groups excluding tert-OH is 1. The Balaban J connectivity index is 3.75. The number of unbranched alkanes of at least 4 members (excludes halogenated alkanes) is 2. The van der Waals surface area contributed by atoms with E-state index in [-0.39, 0.29) is 6.61 Å². The van der Waals surface area contributed by atoms with E-state index in [1.807, 2.05) is 0 Å². The highest BCUT2D eigenvalue weighted by molar-refractivity contribution is 5.80. The summed E-state index contributed by atoms with van der Waals surface area (Å²) >= 11 is 0. The van der Waals surface area contributed by atoms with Gasteiger partial charge in [-0.15, -0.1) is 0 Å². The fraction of sp³-hybridized carbons (Fsp3) is 0.667. The molecule has 0 spiro atoms. The van der Waals surface area contributed by atoms with Crippen molar-refractivity contribution in [3.8, 4) is 0 Å². The topological polar surface area (TPSA) is 57.5 Å². The molecule has 12 heavy (non-hydrogen) atoms. The Morgan fingerprint density at radius 3 is 2.50 bits per heavy atom. The van der Waals surface area contributed by atoms with Gasteiger partial charge in [-0.25, -0.2) is 4.79 Å². The van der Waals surface area contributed by atoms with Crippen molar-refractivity contribution in [2.75, 3.05) is 6.61 Å². The lowest BCUT2D eigenvalue weighted by Gasteiger charge is -2.00. The zero-order valence-corrected chi connectivity index (χ0v) is 7.42. The molecular weight excluding hydrogens is 156 g/mol. The number of carbonyl (C=O) groups is 1. The monoisotopic (exact) mass is 172 g/mol. The van der Waals surface area contributed by atoms with Crippen LogP contribution in [-0.4, -0.2) is 22.8 Å². The summed E-state index contributed by atoms with van der Waals surface area (Å²) in [5, 5.41) is 17.1. The Morgan fingerprint density at radius 2 is 2.08 bits per heavy atom. The molecule has 0 aromatic carbocycles. The maximum Gasteiger partial charge on any atom is 0.328 e. The minimum absolute atomic E-state index is 0.143. The Bertz CT molecular complexity index is 161. The average molecular weight is 172 g/mol. The number of carboxylic acid groups (broad SMARTS) is 1. The lowest BCUT2D eigenvalue weighted by atomic mass is 10.1. The molecule has 0 fully saturated rings. The van der Waals surface area contributed by atoms with Gasteiger partial charge in [0.25, 0.3) is 0 Å². The number of hydrogen-bond donors (Lipinski definition) is 2. The van der Waals surface area contributed by atoms with Gasteiger partial charge in [0, 0.05) is 6.08 Å². The molecule has 2 N–H and O–H groups in total. The van der Waals surface area contributed by atoms with Gasteiger partial charge in [-0.1, -0.05) is 19.8 Å². The molecular formula is C9H16O3. The SMILES string of the molecule is CCCCC/C(=C\C(=O)O)CO. The number of rotatable bonds is 6. The molecule has 0 aliphatic heterocycles. The molecule has 3 heteroatoms. The summed E-state index contributed by atoms with van der Waals surface area (Å²) < 4.78 is 0. The van der Waals surface area contributed by atoms with Crippen molar-refractivity contribution in [1.82, 2.24) is 0 Å². The van der Waals surface area contributed by atoms with Crippen LogP contribution in [0.4, 0.5) is 0 Å². The third-order valence-corrected chi connectivity index (χ3v) is 1.63.